The Morgan fingerprint density at radius 1 is 1.12 bits per heavy atom. The minimum Gasteiger partial charge on any atom is -0.323 e. The van der Waals surface area contributed by atoms with Crippen LogP contribution in [0.3, 0.4) is 0 Å². The zero-order chi connectivity index (χ0) is 11.2. The van der Waals surface area contributed by atoms with E-state index in [1.165, 1.54) is 6.42 Å². The van der Waals surface area contributed by atoms with Crippen molar-refractivity contribution in [3.8, 4) is 0 Å². The van der Waals surface area contributed by atoms with Gasteiger partial charge in [0, 0.05) is 13.1 Å². The van der Waals surface area contributed by atoms with Crippen molar-refractivity contribution >= 4 is 6.03 Å². The molecule has 2 rings (SSSR count). The molecule has 0 N–H and O–H groups in total. The molecule has 0 unspecified atom stereocenters. The van der Waals surface area contributed by atoms with Crippen LogP contribution in [0.5, 0.6) is 0 Å². The zero-order valence-corrected chi connectivity index (χ0v) is 9.43. The van der Waals surface area contributed by atoms with E-state index in [2.05, 4.69) is 5.32 Å². The molecular weight excluding hydrogens is 200 g/mol. The second-order valence-electron chi connectivity index (χ2n) is 4.13. The Balaban J connectivity index is 1.79. The first kappa shape index (κ1) is 11.0. The third-order valence-electron chi connectivity index (χ3n) is 2.87. The van der Waals surface area contributed by atoms with Crippen molar-refractivity contribution in [2.45, 2.75) is 25.8 Å². The number of rotatable bonds is 2. The zero-order valence-electron chi connectivity index (χ0n) is 9.43. The minimum absolute atomic E-state index is 0.0523. The summed E-state index contributed by atoms with van der Waals surface area (Å²) in [6.07, 6.45) is 3.47. The molecule has 1 aromatic carbocycles. The Morgan fingerprint density at radius 3 is 2.50 bits per heavy atom. The van der Waals surface area contributed by atoms with Crippen molar-refractivity contribution < 1.29 is 4.79 Å². The van der Waals surface area contributed by atoms with Gasteiger partial charge in [-0.15, -0.1) is 0 Å². The maximum Gasteiger partial charge on any atom is 0.339 e. The summed E-state index contributed by atoms with van der Waals surface area (Å²) >= 11 is 0. The van der Waals surface area contributed by atoms with Gasteiger partial charge < -0.3 is 4.90 Å². The number of hydrogen-bond acceptors (Lipinski definition) is 1. The number of benzene rings is 1. The van der Waals surface area contributed by atoms with E-state index >= 15 is 0 Å². The molecule has 3 heteroatoms. The van der Waals surface area contributed by atoms with E-state index in [1.54, 1.807) is 0 Å². The van der Waals surface area contributed by atoms with Crippen LogP contribution < -0.4 is 5.32 Å². The van der Waals surface area contributed by atoms with Crippen LogP contribution in [0.4, 0.5) is 4.79 Å². The van der Waals surface area contributed by atoms with Gasteiger partial charge in [-0.1, -0.05) is 30.3 Å². The summed E-state index contributed by atoms with van der Waals surface area (Å²) in [6.45, 7) is 2.24. The van der Waals surface area contributed by atoms with E-state index in [0.29, 0.717) is 6.54 Å². The molecular formula is C13H17N2O. The van der Waals surface area contributed by atoms with Gasteiger partial charge >= 0.3 is 6.03 Å². The second kappa shape index (κ2) is 5.54. The minimum atomic E-state index is -0.0523. The van der Waals surface area contributed by atoms with Crippen LogP contribution in [0.2, 0.25) is 0 Å². The molecule has 1 aliphatic rings. The molecule has 85 valence electrons. The average Bonchev–Trinajstić information content (AvgIpc) is 2.38. The third-order valence-corrected chi connectivity index (χ3v) is 2.87. The number of amides is 2. The first-order chi connectivity index (χ1) is 7.86. The topological polar surface area (TPSA) is 34.4 Å². The van der Waals surface area contributed by atoms with Crippen LogP contribution in [0.15, 0.2) is 30.3 Å². The highest BCUT2D eigenvalue weighted by Gasteiger charge is 2.16. The van der Waals surface area contributed by atoms with Gasteiger partial charge in [-0.2, -0.15) is 0 Å². The standard InChI is InChI=1S/C13H17N2O/c16-13(15-9-5-2-6-10-15)14-11-12-7-3-1-4-8-12/h1,3-4,7-8H,2,5-6,9-11H2. The fourth-order valence-electron chi connectivity index (χ4n) is 1.93. The van der Waals surface area contributed by atoms with Gasteiger partial charge in [0.1, 0.15) is 0 Å². The molecule has 0 atom stereocenters. The van der Waals surface area contributed by atoms with Gasteiger partial charge in [0.05, 0.1) is 6.54 Å². The molecule has 0 bridgehead atoms. The number of likely N-dealkylation sites (tertiary alicyclic amines) is 1. The van der Waals surface area contributed by atoms with Crippen LogP contribution in [0.25, 0.3) is 0 Å². The Kier molecular flexibility index (Phi) is 3.81. The van der Waals surface area contributed by atoms with E-state index in [1.807, 2.05) is 35.2 Å². The lowest BCUT2D eigenvalue weighted by Gasteiger charge is -2.25. The third kappa shape index (κ3) is 2.99. The van der Waals surface area contributed by atoms with Gasteiger partial charge in [-0.3, -0.25) is 0 Å². The molecule has 1 saturated heterocycles. The maximum absolute atomic E-state index is 11.7. The lowest BCUT2D eigenvalue weighted by atomic mass is 10.1. The molecule has 1 fully saturated rings. The molecule has 0 aliphatic carbocycles. The van der Waals surface area contributed by atoms with Crippen LogP contribution in [-0.2, 0) is 6.54 Å². The van der Waals surface area contributed by atoms with Crippen LogP contribution >= 0.6 is 0 Å². The number of hydrogen-bond donors (Lipinski definition) is 0. The first-order valence-electron chi connectivity index (χ1n) is 5.86. The summed E-state index contributed by atoms with van der Waals surface area (Å²) in [5.41, 5.74) is 1.09. The summed E-state index contributed by atoms with van der Waals surface area (Å²) in [6, 6.07) is 9.84. The van der Waals surface area contributed by atoms with Crippen LogP contribution in [0.1, 0.15) is 24.8 Å². The highest BCUT2D eigenvalue weighted by Crippen LogP contribution is 2.09. The fraction of sp³-hybridized carbons (Fsp3) is 0.462. The molecule has 0 spiro atoms. The number of nitrogens with zero attached hydrogens (tertiary/aromatic N) is 2. The number of piperidine rings is 1. The molecule has 1 aromatic rings. The van der Waals surface area contributed by atoms with Crippen molar-refractivity contribution in [2.75, 3.05) is 13.1 Å². The summed E-state index contributed by atoms with van der Waals surface area (Å²) in [7, 11) is 0. The number of carbonyl (C=O) groups excluding carboxylic acids is 1. The highest BCUT2D eigenvalue weighted by molar-refractivity contribution is 5.73. The predicted molar refractivity (Wildman–Crippen MR) is 63.1 cm³/mol. The first-order valence-corrected chi connectivity index (χ1v) is 5.86. The number of carbonyl (C=O) groups is 1. The Hall–Kier alpha value is -1.51. The Morgan fingerprint density at radius 2 is 1.81 bits per heavy atom. The molecule has 1 heterocycles. The van der Waals surface area contributed by atoms with E-state index < -0.39 is 0 Å². The lowest BCUT2D eigenvalue weighted by molar-refractivity contribution is 0.185. The van der Waals surface area contributed by atoms with Crippen molar-refractivity contribution in [1.29, 1.82) is 0 Å². The van der Waals surface area contributed by atoms with Gasteiger partial charge in [-0.05, 0) is 24.8 Å². The molecule has 1 aliphatic heterocycles. The maximum atomic E-state index is 11.7. The van der Waals surface area contributed by atoms with E-state index in [4.69, 9.17) is 0 Å². The summed E-state index contributed by atoms with van der Waals surface area (Å²) in [5, 5.41) is 4.11. The van der Waals surface area contributed by atoms with Gasteiger partial charge in [0.15, 0.2) is 0 Å². The van der Waals surface area contributed by atoms with Gasteiger partial charge in [-0.25, -0.2) is 10.1 Å². The average molecular weight is 217 g/mol. The van der Waals surface area contributed by atoms with Gasteiger partial charge in [0.25, 0.3) is 0 Å². The van der Waals surface area contributed by atoms with E-state index in [0.717, 1.165) is 31.5 Å². The van der Waals surface area contributed by atoms with Crippen LogP contribution in [0, 0.1) is 0 Å². The highest BCUT2D eigenvalue weighted by atomic mass is 16.2. The molecule has 0 saturated carbocycles. The second-order valence-corrected chi connectivity index (χ2v) is 4.13. The Labute approximate surface area is 96.5 Å². The monoisotopic (exact) mass is 217 g/mol. The van der Waals surface area contributed by atoms with Crippen LogP contribution in [-0.4, -0.2) is 24.0 Å². The van der Waals surface area contributed by atoms with E-state index in [-0.39, 0.29) is 6.03 Å². The van der Waals surface area contributed by atoms with Gasteiger partial charge in [0.2, 0.25) is 0 Å². The van der Waals surface area contributed by atoms with Crippen molar-refractivity contribution in [1.82, 2.24) is 10.2 Å². The molecule has 0 aromatic heterocycles. The smallest absolute Gasteiger partial charge is 0.323 e. The largest absolute Gasteiger partial charge is 0.339 e. The quantitative estimate of drug-likeness (QED) is 0.749. The van der Waals surface area contributed by atoms with Crippen molar-refractivity contribution in [2.24, 2.45) is 0 Å². The Bertz CT molecular complexity index is 331. The normalized spacial score (nSPS) is 15.9. The lowest BCUT2D eigenvalue weighted by Crippen LogP contribution is -2.39. The fourth-order valence-corrected chi connectivity index (χ4v) is 1.93. The SMILES string of the molecule is O=C([N]Cc1ccccc1)N1CCCCC1. The summed E-state index contributed by atoms with van der Waals surface area (Å²) in [5.74, 6) is 0. The molecule has 16 heavy (non-hydrogen) atoms. The summed E-state index contributed by atoms with van der Waals surface area (Å²) in [4.78, 5) is 13.6. The van der Waals surface area contributed by atoms with Crippen molar-refractivity contribution in [3.63, 3.8) is 0 Å². The van der Waals surface area contributed by atoms with Crippen molar-refractivity contribution in [3.05, 3.63) is 35.9 Å². The molecule has 1 radical (unpaired) electrons. The van der Waals surface area contributed by atoms with E-state index in [9.17, 15) is 4.79 Å². The number of urea groups is 1. The molecule has 3 nitrogen and oxygen atoms in total. The summed E-state index contributed by atoms with van der Waals surface area (Å²) < 4.78 is 0. The predicted octanol–water partition coefficient (Wildman–Crippen LogP) is 2.40. The molecule has 2 amide bonds.